The van der Waals surface area contributed by atoms with Crippen LogP contribution in [0.15, 0.2) is 82.5 Å². The van der Waals surface area contributed by atoms with Crippen molar-refractivity contribution in [2.45, 2.75) is 37.9 Å². The minimum atomic E-state index is -2.21. The second kappa shape index (κ2) is 10.5. The molecule has 0 bridgehead atoms. The first kappa shape index (κ1) is 24.0. The summed E-state index contributed by atoms with van der Waals surface area (Å²) in [5.74, 6) is -2.52. The molecule has 1 N–H and O–H groups in total. The third-order valence-corrected chi connectivity index (χ3v) is 5.37. The van der Waals surface area contributed by atoms with Gasteiger partial charge < -0.3 is 19.3 Å². The summed E-state index contributed by atoms with van der Waals surface area (Å²) in [6.07, 6.45) is -6.66. The fourth-order valence-electron chi connectivity index (χ4n) is 3.62. The van der Waals surface area contributed by atoms with Crippen molar-refractivity contribution in [1.29, 1.82) is 0 Å². The van der Waals surface area contributed by atoms with E-state index >= 15 is 4.39 Å². The van der Waals surface area contributed by atoms with Gasteiger partial charge in [-0.25, -0.2) is 23.3 Å². The smallest absolute Gasteiger partial charge is 0.338 e. The molecular formula is C24H21FN2O8. The molecule has 1 fully saturated rings. The standard InChI is InChI=1S/C24H21FN2O8/c25-18-19(35-23(31)16-9-5-2-6-10-16)20(22(29)30)34-21(18)26-12-11-17(28)27(24(26)32)14-33-13-15-7-3-1-4-8-15/h1-12,18-21H,13-14H2,(H,29,30)/t18?,19-,20+,21-/m1/s1. The molecule has 1 aliphatic rings. The first-order valence-corrected chi connectivity index (χ1v) is 10.6. The van der Waals surface area contributed by atoms with Crippen molar-refractivity contribution in [3.63, 3.8) is 0 Å². The number of nitrogens with zero attached hydrogens (tertiary/aromatic N) is 2. The van der Waals surface area contributed by atoms with Gasteiger partial charge in [0.1, 0.15) is 6.73 Å². The predicted octanol–water partition coefficient (Wildman–Crippen LogP) is 1.73. The average Bonchev–Trinajstić information content (AvgIpc) is 3.18. The van der Waals surface area contributed by atoms with E-state index in [-0.39, 0.29) is 12.2 Å². The van der Waals surface area contributed by atoms with Gasteiger partial charge in [-0.2, -0.15) is 0 Å². The molecule has 35 heavy (non-hydrogen) atoms. The van der Waals surface area contributed by atoms with Crippen LogP contribution in [0, 0.1) is 0 Å². The van der Waals surface area contributed by atoms with E-state index in [1.54, 1.807) is 42.5 Å². The number of carbonyl (C=O) groups excluding carboxylic acids is 1. The van der Waals surface area contributed by atoms with Crippen molar-refractivity contribution in [1.82, 2.24) is 9.13 Å². The van der Waals surface area contributed by atoms with E-state index < -0.39 is 54.5 Å². The van der Waals surface area contributed by atoms with Crippen molar-refractivity contribution < 1.29 is 33.3 Å². The maximum absolute atomic E-state index is 15.4. The molecule has 4 rings (SSSR count). The van der Waals surface area contributed by atoms with Gasteiger partial charge >= 0.3 is 17.6 Å². The predicted molar refractivity (Wildman–Crippen MR) is 118 cm³/mol. The molecule has 0 amide bonds. The van der Waals surface area contributed by atoms with E-state index in [9.17, 15) is 24.3 Å². The molecule has 2 aromatic carbocycles. The Morgan fingerprint density at radius 1 is 1.00 bits per heavy atom. The zero-order valence-corrected chi connectivity index (χ0v) is 18.2. The highest BCUT2D eigenvalue weighted by Crippen LogP contribution is 2.33. The number of benzene rings is 2. The zero-order chi connectivity index (χ0) is 24.9. The molecule has 0 spiro atoms. The Kier molecular flexibility index (Phi) is 7.18. The lowest BCUT2D eigenvalue weighted by molar-refractivity contribution is -0.155. The Labute approximate surface area is 197 Å². The van der Waals surface area contributed by atoms with Crippen LogP contribution in [0.5, 0.6) is 0 Å². The number of ether oxygens (including phenoxy) is 3. The summed E-state index contributed by atoms with van der Waals surface area (Å²) in [4.78, 5) is 49.3. The molecule has 182 valence electrons. The van der Waals surface area contributed by atoms with Gasteiger partial charge in [-0.1, -0.05) is 48.5 Å². The summed E-state index contributed by atoms with van der Waals surface area (Å²) in [6.45, 7) is -0.308. The van der Waals surface area contributed by atoms with Crippen molar-refractivity contribution in [2.75, 3.05) is 0 Å². The third kappa shape index (κ3) is 5.20. The Hall–Kier alpha value is -4.09. The molecule has 11 heteroatoms. The van der Waals surface area contributed by atoms with Crippen LogP contribution >= 0.6 is 0 Å². The molecular weight excluding hydrogens is 463 g/mol. The Morgan fingerprint density at radius 3 is 2.31 bits per heavy atom. The second-order valence-corrected chi connectivity index (χ2v) is 7.70. The Morgan fingerprint density at radius 2 is 1.66 bits per heavy atom. The van der Waals surface area contributed by atoms with Crippen molar-refractivity contribution in [3.8, 4) is 0 Å². The average molecular weight is 484 g/mol. The number of hydrogen-bond acceptors (Lipinski definition) is 7. The van der Waals surface area contributed by atoms with Gasteiger partial charge in [-0.05, 0) is 17.7 Å². The fraction of sp³-hybridized carbons (Fsp3) is 0.250. The van der Waals surface area contributed by atoms with Gasteiger partial charge in [0.05, 0.1) is 12.2 Å². The van der Waals surface area contributed by atoms with Gasteiger partial charge in [-0.15, -0.1) is 0 Å². The van der Waals surface area contributed by atoms with Gasteiger partial charge in [0, 0.05) is 12.3 Å². The SMILES string of the molecule is O=C(O[C@@H]1C(F)[C@H](n2ccc(=O)n(COCc3ccccc3)c2=O)O[C@@H]1C(=O)O)c1ccccc1. The second-order valence-electron chi connectivity index (χ2n) is 7.70. The van der Waals surface area contributed by atoms with Gasteiger partial charge in [0.2, 0.25) is 0 Å². The summed E-state index contributed by atoms with van der Waals surface area (Å²) >= 11 is 0. The van der Waals surface area contributed by atoms with Gasteiger partial charge in [-0.3, -0.25) is 9.36 Å². The first-order valence-electron chi connectivity index (χ1n) is 10.6. The third-order valence-electron chi connectivity index (χ3n) is 5.37. The van der Waals surface area contributed by atoms with Crippen LogP contribution in [0.1, 0.15) is 22.1 Å². The number of hydrogen-bond donors (Lipinski definition) is 1. The Balaban J connectivity index is 1.55. The van der Waals surface area contributed by atoms with E-state index in [0.29, 0.717) is 0 Å². The minimum Gasteiger partial charge on any atom is -0.479 e. The van der Waals surface area contributed by atoms with Crippen LogP contribution in [0.25, 0.3) is 0 Å². The molecule has 0 radical (unpaired) electrons. The number of aliphatic carboxylic acids is 1. The lowest BCUT2D eigenvalue weighted by atomic mass is 10.1. The van der Waals surface area contributed by atoms with Crippen LogP contribution in [0.4, 0.5) is 4.39 Å². The maximum atomic E-state index is 15.4. The van der Waals surface area contributed by atoms with E-state index in [0.717, 1.165) is 27.0 Å². The van der Waals surface area contributed by atoms with Crippen LogP contribution in [0.3, 0.4) is 0 Å². The molecule has 1 saturated heterocycles. The van der Waals surface area contributed by atoms with Crippen LogP contribution in [-0.4, -0.2) is 44.6 Å². The molecule has 1 unspecified atom stereocenters. The fourth-order valence-corrected chi connectivity index (χ4v) is 3.62. The Bertz CT molecular complexity index is 1310. The van der Waals surface area contributed by atoms with E-state index in [1.165, 1.54) is 12.1 Å². The van der Waals surface area contributed by atoms with Crippen LogP contribution in [-0.2, 0) is 32.3 Å². The van der Waals surface area contributed by atoms with Crippen molar-refractivity contribution in [2.24, 2.45) is 0 Å². The number of carboxylic acids is 1. The minimum absolute atomic E-state index is 0.0913. The largest absolute Gasteiger partial charge is 0.479 e. The summed E-state index contributed by atoms with van der Waals surface area (Å²) in [6, 6.07) is 17.7. The highest BCUT2D eigenvalue weighted by molar-refractivity contribution is 5.89. The highest BCUT2D eigenvalue weighted by atomic mass is 19.1. The number of carboxylic acid groups (broad SMARTS) is 1. The molecule has 1 aliphatic heterocycles. The van der Waals surface area contributed by atoms with Crippen LogP contribution < -0.4 is 11.2 Å². The monoisotopic (exact) mass is 484 g/mol. The molecule has 10 nitrogen and oxygen atoms in total. The maximum Gasteiger partial charge on any atom is 0.338 e. The number of carbonyl (C=O) groups is 2. The lowest BCUT2D eigenvalue weighted by Gasteiger charge is -2.18. The highest BCUT2D eigenvalue weighted by Gasteiger charge is 2.52. The topological polar surface area (TPSA) is 126 Å². The summed E-state index contributed by atoms with van der Waals surface area (Å²) in [5, 5.41) is 9.50. The molecule has 1 aromatic heterocycles. The van der Waals surface area contributed by atoms with E-state index in [1.807, 2.05) is 6.07 Å². The number of aromatic nitrogens is 2. The van der Waals surface area contributed by atoms with Crippen LogP contribution in [0.2, 0.25) is 0 Å². The summed E-state index contributed by atoms with van der Waals surface area (Å²) < 4.78 is 32.7. The quantitative estimate of drug-likeness (QED) is 0.479. The van der Waals surface area contributed by atoms with Crippen molar-refractivity contribution in [3.05, 3.63) is 105 Å². The van der Waals surface area contributed by atoms with Crippen molar-refractivity contribution >= 4 is 11.9 Å². The molecule has 0 saturated carbocycles. The lowest BCUT2D eigenvalue weighted by Crippen LogP contribution is -2.43. The molecule has 0 aliphatic carbocycles. The number of rotatable bonds is 8. The summed E-state index contributed by atoms with van der Waals surface area (Å²) in [5.41, 5.74) is -0.771. The molecule has 3 aromatic rings. The zero-order valence-electron chi connectivity index (χ0n) is 18.2. The van der Waals surface area contributed by atoms with Gasteiger partial charge in [0.25, 0.3) is 5.56 Å². The molecule has 4 atom stereocenters. The van der Waals surface area contributed by atoms with E-state index in [2.05, 4.69) is 0 Å². The number of alkyl halides is 1. The molecule has 2 heterocycles. The normalized spacial score (nSPS) is 21.5. The number of esters is 1. The first-order chi connectivity index (χ1) is 16.9. The summed E-state index contributed by atoms with van der Waals surface area (Å²) in [7, 11) is 0. The van der Waals surface area contributed by atoms with E-state index in [4.69, 9.17) is 14.2 Å². The van der Waals surface area contributed by atoms with Gasteiger partial charge in [0.15, 0.2) is 24.6 Å². The number of halogens is 1.